The van der Waals surface area contributed by atoms with Crippen LogP contribution in [0.5, 0.6) is 5.75 Å². The van der Waals surface area contributed by atoms with E-state index in [0.29, 0.717) is 11.8 Å². The molecule has 3 heteroatoms. The molecule has 16 heavy (non-hydrogen) atoms. The molecule has 1 aliphatic heterocycles. The van der Waals surface area contributed by atoms with Gasteiger partial charge in [-0.1, -0.05) is 18.2 Å². The summed E-state index contributed by atoms with van der Waals surface area (Å²) in [7, 11) is 0. The summed E-state index contributed by atoms with van der Waals surface area (Å²) in [5.41, 5.74) is 5.69. The summed E-state index contributed by atoms with van der Waals surface area (Å²) in [5, 5.41) is 3.41. The van der Waals surface area contributed by atoms with Gasteiger partial charge in [-0.05, 0) is 37.6 Å². The maximum atomic E-state index is 5.76. The molecule has 3 nitrogen and oxygen atoms in total. The maximum absolute atomic E-state index is 5.76. The number of nitrogens with two attached hydrogens (primary N) is 1. The monoisotopic (exact) mass is 220 g/mol. The molecule has 0 radical (unpaired) electrons. The van der Waals surface area contributed by atoms with Gasteiger partial charge in [0.2, 0.25) is 0 Å². The zero-order valence-corrected chi connectivity index (χ0v) is 9.56. The topological polar surface area (TPSA) is 47.3 Å². The van der Waals surface area contributed by atoms with Crippen LogP contribution in [-0.4, -0.2) is 26.2 Å². The van der Waals surface area contributed by atoms with Crippen molar-refractivity contribution < 1.29 is 4.74 Å². The van der Waals surface area contributed by atoms with Crippen molar-refractivity contribution in [2.75, 3.05) is 26.2 Å². The second kappa shape index (κ2) is 5.87. The van der Waals surface area contributed by atoms with Crippen LogP contribution in [0, 0.1) is 11.8 Å². The van der Waals surface area contributed by atoms with Crippen LogP contribution in [0.3, 0.4) is 0 Å². The van der Waals surface area contributed by atoms with Gasteiger partial charge in [0.25, 0.3) is 0 Å². The second-order valence-corrected chi connectivity index (χ2v) is 4.49. The Kier molecular flexibility index (Phi) is 4.19. The molecule has 1 fully saturated rings. The Balaban J connectivity index is 1.77. The average molecular weight is 220 g/mol. The molecule has 0 aromatic heterocycles. The van der Waals surface area contributed by atoms with Crippen LogP contribution in [0.25, 0.3) is 0 Å². The van der Waals surface area contributed by atoms with Crippen LogP contribution in [0.1, 0.15) is 6.42 Å². The van der Waals surface area contributed by atoms with Gasteiger partial charge in [0, 0.05) is 12.5 Å². The molecule has 0 unspecified atom stereocenters. The van der Waals surface area contributed by atoms with Gasteiger partial charge >= 0.3 is 0 Å². The molecule has 88 valence electrons. The van der Waals surface area contributed by atoms with Crippen molar-refractivity contribution in [3.8, 4) is 5.75 Å². The van der Waals surface area contributed by atoms with E-state index in [-0.39, 0.29) is 0 Å². The minimum atomic E-state index is 0.586. The number of para-hydroxylation sites is 1. The summed E-state index contributed by atoms with van der Waals surface area (Å²) >= 11 is 0. The maximum Gasteiger partial charge on any atom is 0.119 e. The highest BCUT2D eigenvalue weighted by molar-refractivity contribution is 5.20. The SMILES string of the molecule is NC[C@H]1CNC[C@@H](COc2ccccc2)C1. The van der Waals surface area contributed by atoms with Gasteiger partial charge in [0.1, 0.15) is 5.75 Å². The second-order valence-electron chi connectivity index (χ2n) is 4.49. The summed E-state index contributed by atoms with van der Waals surface area (Å²) in [6.45, 7) is 3.66. The molecular formula is C13H20N2O. The lowest BCUT2D eigenvalue weighted by atomic mass is 9.91. The highest BCUT2D eigenvalue weighted by Gasteiger charge is 2.20. The summed E-state index contributed by atoms with van der Waals surface area (Å²) in [6, 6.07) is 9.99. The van der Waals surface area contributed by atoms with Crippen molar-refractivity contribution in [3.63, 3.8) is 0 Å². The quantitative estimate of drug-likeness (QED) is 0.803. The summed E-state index contributed by atoms with van der Waals surface area (Å²) in [6.07, 6.45) is 1.18. The number of rotatable bonds is 4. The first-order valence-electron chi connectivity index (χ1n) is 5.97. The molecule has 3 N–H and O–H groups in total. The standard InChI is InChI=1S/C13H20N2O/c14-7-11-6-12(9-15-8-11)10-16-13-4-2-1-3-5-13/h1-5,11-12,15H,6-10,14H2/t11-,12-/m0/s1. The van der Waals surface area contributed by atoms with E-state index in [1.165, 1.54) is 6.42 Å². The van der Waals surface area contributed by atoms with Crippen molar-refractivity contribution in [2.24, 2.45) is 17.6 Å². The van der Waals surface area contributed by atoms with Crippen LogP contribution in [0.4, 0.5) is 0 Å². The molecule has 1 aromatic carbocycles. The van der Waals surface area contributed by atoms with Gasteiger partial charge in [-0.3, -0.25) is 0 Å². The zero-order chi connectivity index (χ0) is 11.2. The molecule has 0 saturated carbocycles. The molecular weight excluding hydrogens is 200 g/mol. The summed E-state index contributed by atoms with van der Waals surface area (Å²) in [5.74, 6) is 2.15. The third-order valence-electron chi connectivity index (χ3n) is 3.09. The fourth-order valence-electron chi connectivity index (χ4n) is 2.17. The number of hydrogen-bond acceptors (Lipinski definition) is 3. The van der Waals surface area contributed by atoms with E-state index >= 15 is 0 Å². The van der Waals surface area contributed by atoms with Gasteiger partial charge < -0.3 is 15.8 Å². The predicted molar refractivity (Wildman–Crippen MR) is 65.5 cm³/mol. The molecule has 2 atom stereocenters. The predicted octanol–water partition coefficient (Wildman–Crippen LogP) is 1.25. The number of benzene rings is 1. The van der Waals surface area contributed by atoms with Gasteiger partial charge in [0.15, 0.2) is 0 Å². The summed E-state index contributed by atoms with van der Waals surface area (Å²) < 4.78 is 5.76. The Morgan fingerprint density at radius 3 is 2.69 bits per heavy atom. The first-order chi connectivity index (χ1) is 7.88. The summed E-state index contributed by atoms with van der Waals surface area (Å²) in [4.78, 5) is 0. The van der Waals surface area contributed by atoms with Crippen molar-refractivity contribution in [1.82, 2.24) is 5.32 Å². The lowest BCUT2D eigenvalue weighted by Crippen LogP contribution is -2.41. The normalized spacial score (nSPS) is 25.3. The van der Waals surface area contributed by atoms with Gasteiger partial charge in [-0.15, -0.1) is 0 Å². The molecule has 1 aromatic rings. The van der Waals surface area contributed by atoms with Gasteiger partial charge in [0.05, 0.1) is 6.61 Å². The average Bonchev–Trinajstić information content (AvgIpc) is 2.38. The first-order valence-corrected chi connectivity index (χ1v) is 5.97. The highest BCUT2D eigenvalue weighted by atomic mass is 16.5. The van der Waals surface area contributed by atoms with Gasteiger partial charge in [-0.25, -0.2) is 0 Å². The number of hydrogen-bond donors (Lipinski definition) is 2. The van der Waals surface area contributed by atoms with Crippen molar-refractivity contribution in [2.45, 2.75) is 6.42 Å². The lowest BCUT2D eigenvalue weighted by Gasteiger charge is -2.29. The van der Waals surface area contributed by atoms with Crippen molar-refractivity contribution in [1.29, 1.82) is 0 Å². The van der Waals surface area contributed by atoms with Crippen LogP contribution >= 0.6 is 0 Å². The molecule has 1 aliphatic rings. The fraction of sp³-hybridized carbons (Fsp3) is 0.538. The van der Waals surface area contributed by atoms with E-state index in [2.05, 4.69) is 5.32 Å². The van der Waals surface area contributed by atoms with Crippen LogP contribution in [0.15, 0.2) is 30.3 Å². The minimum Gasteiger partial charge on any atom is -0.493 e. The van der Waals surface area contributed by atoms with Crippen LogP contribution in [-0.2, 0) is 0 Å². The van der Waals surface area contributed by atoms with Crippen molar-refractivity contribution in [3.05, 3.63) is 30.3 Å². The van der Waals surface area contributed by atoms with E-state index in [4.69, 9.17) is 10.5 Å². The molecule has 0 aliphatic carbocycles. The molecule has 1 heterocycles. The third-order valence-corrected chi connectivity index (χ3v) is 3.09. The van der Waals surface area contributed by atoms with E-state index in [1.54, 1.807) is 0 Å². The van der Waals surface area contributed by atoms with E-state index in [0.717, 1.165) is 32.0 Å². The van der Waals surface area contributed by atoms with Gasteiger partial charge in [-0.2, -0.15) is 0 Å². The highest BCUT2D eigenvalue weighted by Crippen LogP contribution is 2.17. The molecule has 1 saturated heterocycles. The van der Waals surface area contributed by atoms with Crippen LogP contribution in [0.2, 0.25) is 0 Å². The molecule has 0 amide bonds. The van der Waals surface area contributed by atoms with E-state index in [1.807, 2.05) is 30.3 Å². The van der Waals surface area contributed by atoms with Crippen molar-refractivity contribution >= 4 is 0 Å². The fourth-order valence-corrected chi connectivity index (χ4v) is 2.17. The Morgan fingerprint density at radius 1 is 1.19 bits per heavy atom. The van der Waals surface area contributed by atoms with E-state index in [9.17, 15) is 0 Å². The number of ether oxygens (including phenoxy) is 1. The molecule has 0 bridgehead atoms. The largest absolute Gasteiger partial charge is 0.493 e. The van der Waals surface area contributed by atoms with Crippen LogP contribution < -0.4 is 15.8 Å². The molecule has 2 rings (SSSR count). The zero-order valence-electron chi connectivity index (χ0n) is 9.56. The van der Waals surface area contributed by atoms with E-state index < -0.39 is 0 Å². The Morgan fingerprint density at radius 2 is 1.94 bits per heavy atom. The Bertz CT molecular complexity index is 302. The number of nitrogens with one attached hydrogen (secondary N) is 1. The number of piperidine rings is 1. The Labute approximate surface area is 97.0 Å². The first kappa shape index (κ1) is 11.4. The third kappa shape index (κ3) is 3.22. The Hall–Kier alpha value is -1.06. The minimum absolute atomic E-state index is 0.586. The lowest BCUT2D eigenvalue weighted by molar-refractivity contribution is 0.190. The molecule has 0 spiro atoms. The smallest absolute Gasteiger partial charge is 0.119 e.